The van der Waals surface area contributed by atoms with Crippen molar-refractivity contribution >= 4 is 41.0 Å². The summed E-state index contributed by atoms with van der Waals surface area (Å²) in [7, 11) is 0. The van der Waals surface area contributed by atoms with Crippen molar-refractivity contribution in [3.05, 3.63) is 28.2 Å². The van der Waals surface area contributed by atoms with Gasteiger partial charge in [-0.05, 0) is 31.0 Å². The Hall–Kier alpha value is -1.99. The van der Waals surface area contributed by atoms with E-state index < -0.39 is 0 Å². The van der Waals surface area contributed by atoms with E-state index in [1.54, 1.807) is 23.1 Å². The van der Waals surface area contributed by atoms with E-state index in [1.807, 2.05) is 0 Å². The van der Waals surface area contributed by atoms with Crippen LogP contribution >= 0.6 is 23.2 Å². The van der Waals surface area contributed by atoms with Gasteiger partial charge in [0, 0.05) is 24.2 Å². The van der Waals surface area contributed by atoms with Crippen LogP contribution in [-0.2, 0) is 9.59 Å². The molecule has 0 unspecified atom stereocenters. The topological polar surface area (TPSA) is 79.0 Å². The lowest BCUT2D eigenvalue weighted by Gasteiger charge is -2.35. The van der Waals surface area contributed by atoms with E-state index in [-0.39, 0.29) is 37.0 Å². The Bertz CT molecular complexity index is 689. The van der Waals surface area contributed by atoms with E-state index in [0.29, 0.717) is 41.7 Å². The molecule has 2 fully saturated rings. The molecule has 0 spiro atoms. The molecule has 0 aromatic heterocycles. The number of halogens is 2. The number of rotatable bonds is 4. The normalized spacial score (nSPS) is 18.5. The van der Waals surface area contributed by atoms with Gasteiger partial charge in [-0.3, -0.25) is 14.5 Å². The maximum Gasteiger partial charge on any atom is 0.324 e. The number of carbonyl (C=O) groups excluding carboxylic acids is 3. The first-order valence-corrected chi connectivity index (χ1v) is 8.67. The number of nitrogens with one attached hydrogen (secondary N) is 1. The summed E-state index contributed by atoms with van der Waals surface area (Å²) in [6, 6.07) is 4.28. The number of hydrogen-bond donors (Lipinski definition) is 1. The third kappa shape index (κ3) is 3.99. The molecule has 1 aromatic rings. The smallest absolute Gasteiger partial charge is 0.324 e. The van der Waals surface area contributed by atoms with E-state index in [1.165, 1.54) is 4.90 Å². The first-order chi connectivity index (χ1) is 12.0. The zero-order chi connectivity index (χ0) is 18.0. The van der Waals surface area contributed by atoms with Crippen LogP contribution in [0.5, 0.6) is 5.75 Å². The Morgan fingerprint density at radius 3 is 2.56 bits per heavy atom. The second-order valence-electron chi connectivity index (χ2n) is 5.90. The average Bonchev–Trinajstić information content (AvgIpc) is 2.92. The minimum atomic E-state index is -0.351. The molecular weight excluding hydrogens is 369 g/mol. The van der Waals surface area contributed by atoms with E-state index >= 15 is 0 Å². The standard InChI is InChI=1S/C16H17Cl2N3O4/c17-10-1-2-13(12(18)7-10)25-9-15(23)20-5-3-11(4-6-20)21-14(22)8-19-16(21)24/h1-2,7,11H,3-6,8-9H2,(H,19,24). The van der Waals surface area contributed by atoms with Gasteiger partial charge in [0.25, 0.3) is 5.91 Å². The van der Waals surface area contributed by atoms with Crippen molar-refractivity contribution in [3.8, 4) is 5.75 Å². The van der Waals surface area contributed by atoms with Crippen molar-refractivity contribution in [1.82, 2.24) is 15.1 Å². The summed E-state index contributed by atoms with van der Waals surface area (Å²) in [5.74, 6) is 0.0193. The van der Waals surface area contributed by atoms with Gasteiger partial charge in [0.1, 0.15) is 5.75 Å². The van der Waals surface area contributed by atoms with E-state index in [0.717, 1.165) is 0 Å². The number of carbonyl (C=O) groups is 3. The van der Waals surface area contributed by atoms with Crippen LogP contribution in [0.1, 0.15) is 12.8 Å². The van der Waals surface area contributed by atoms with Crippen LogP contribution in [0.15, 0.2) is 18.2 Å². The maximum atomic E-state index is 12.3. The Balaban J connectivity index is 1.50. The van der Waals surface area contributed by atoms with Crippen LogP contribution in [-0.4, -0.2) is 59.9 Å². The summed E-state index contributed by atoms with van der Waals surface area (Å²) >= 11 is 11.8. The molecular formula is C16H17Cl2N3O4. The van der Waals surface area contributed by atoms with Crippen LogP contribution in [0.4, 0.5) is 4.79 Å². The lowest BCUT2D eigenvalue weighted by Crippen LogP contribution is -2.49. The third-order valence-electron chi connectivity index (χ3n) is 4.31. The van der Waals surface area contributed by atoms with Gasteiger partial charge in [0.15, 0.2) is 6.61 Å². The molecule has 0 bridgehead atoms. The van der Waals surface area contributed by atoms with Gasteiger partial charge in [0.05, 0.1) is 11.6 Å². The number of amides is 4. The molecule has 2 aliphatic rings. The average molecular weight is 386 g/mol. The predicted octanol–water partition coefficient (Wildman–Crippen LogP) is 1.91. The first kappa shape index (κ1) is 17.8. The fourth-order valence-electron chi connectivity index (χ4n) is 3.00. The van der Waals surface area contributed by atoms with Gasteiger partial charge in [0.2, 0.25) is 5.91 Å². The molecule has 2 saturated heterocycles. The molecule has 7 nitrogen and oxygen atoms in total. The summed E-state index contributed by atoms with van der Waals surface area (Å²) in [6.07, 6.45) is 1.12. The highest BCUT2D eigenvalue weighted by Gasteiger charge is 2.37. The van der Waals surface area contributed by atoms with Crippen molar-refractivity contribution in [3.63, 3.8) is 0 Å². The fraction of sp³-hybridized carbons (Fsp3) is 0.438. The van der Waals surface area contributed by atoms with Crippen LogP contribution in [0.2, 0.25) is 10.0 Å². The molecule has 25 heavy (non-hydrogen) atoms. The van der Waals surface area contributed by atoms with Crippen LogP contribution in [0, 0.1) is 0 Å². The highest BCUT2D eigenvalue weighted by atomic mass is 35.5. The molecule has 1 aromatic carbocycles. The summed E-state index contributed by atoms with van der Waals surface area (Å²) in [5, 5.41) is 3.35. The van der Waals surface area contributed by atoms with Crippen LogP contribution < -0.4 is 10.1 Å². The van der Waals surface area contributed by atoms with Crippen LogP contribution in [0.3, 0.4) is 0 Å². The summed E-state index contributed by atoms with van der Waals surface area (Å²) < 4.78 is 5.46. The molecule has 0 aliphatic carbocycles. The highest BCUT2D eigenvalue weighted by Crippen LogP contribution is 2.27. The number of ether oxygens (including phenoxy) is 1. The Kier molecular flexibility index (Phi) is 5.34. The van der Waals surface area contributed by atoms with Gasteiger partial charge in [-0.15, -0.1) is 0 Å². The largest absolute Gasteiger partial charge is 0.482 e. The molecule has 9 heteroatoms. The van der Waals surface area contributed by atoms with Crippen molar-refractivity contribution < 1.29 is 19.1 Å². The molecule has 0 atom stereocenters. The number of hydrogen-bond acceptors (Lipinski definition) is 4. The summed E-state index contributed by atoms with van der Waals surface area (Å²) in [5.41, 5.74) is 0. The number of imide groups is 1. The van der Waals surface area contributed by atoms with Crippen molar-refractivity contribution in [2.24, 2.45) is 0 Å². The quantitative estimate of drug-likeness (QED) is 0.802. The fourth-order valence-corrected chi connectivity index (χ4v) is 3.46. The van der Waals surface area contributed by atoms with E-state index in [2.05, 4.69) is 5.32 Å². The molecule has 2 aliphatic heterocycles. The number of piperidine rings is 1. The Labute approximate surface area is 154 Å². The molecule has 134 valence electrons. The third-order valence-corrected chi connectivity index (χ3v) is 4.84. The predicted molar refractivity (Wildman–Crippen MR) is 91.8 cm³/mol. The second-order valence-corrected chi connectivity index (χ2v) is 6.74. The SMILES string of the molecule is O=C(COc1ccc(Cl)cc1Cl)N1CCC(N2C(=O)CNC2=O)CC1. The zero-order valence-electron chi connectivity index (χ0n) is 13.3. The number of benzene rings is 1. The summed E-state index contributed by atoms with van der Waals surface area (Å²) in [4.78, 5) is 38.6. The Morgan fingerprint density at radius 2 is 1.96 bits per heavy atom. The van der Waals surface area contributed by atoms with Gasteiger partial charge in [-0.25, -0.2) is 4.79 Å². The Morgan fingerprint density at radius 1 is 1.24 bits per heavy atom. The van der Waals surface area contributed by atoms with Crippen molar-refractivity contribution in [2.75, 3.05) is 26.2 Å². The number of nitrogens with zero attached hydrogens (tertiary/aromatic N) is 2. The minimum Gasteiger partial charge on any atom is -0.482 e. The lowest BCUT2D eigenvalue weighted by molar-refractivity contribution is -0.135. The van der Waals surface area contributed by atoms with E-state index in [4.69, 9.17) is 27.9 Å². The summed E-state index contributed by atoms with van der Waals surface area (Å²) in [6.45, 7) is 0.860. The number of likely N-dealkylation sites (tertiary alicyclic amines) is 1. The second kappa shape index (κ2) is 7.49. The maximum absolute atomic E-state index is 12.3. The lowest BCUT2D eigenvalue weighted by atomic mass is 10.0. The molecule has 0 saturated carbocycles. The van der Waals surface area contributed by atoms with Gasteiger partial charge < -0.3 is 15.0 Å². The zero-order valence-corrected chi connectivity index (χ0v) is 14.8. The molecule has 3 rings (SSSR count). The molecule has 4 amide bonds. The highest BCUT2D eigenvalue weighted by molar-refractivity contribution is 6.35. The molecule has 1 N–H and O–H groups in total. The van der Waals surface area contributed by atoms with Crippen LogP contribution in [0.25, 0.3) is 0 Å². The minimum absolute atomic E-state index is 0.0493. The van der Waals surface area contributed by atoms with Crippen molar-refractivity contribution in [2.45, 2.75) is 18.9 Å². The first-order valence-electron chi connectivity index (χ1n) is 7.91. The van der Waals surface area contributed by atoms with Gasteiger partial charge in [-0.2, -0.15) is 0 Å². The molecule has 0 radical (unpaired) electrons. The van der Waals surface area contributed by atoms with Crippen molar-refractivity contribution in [1.29, 1.82) is 0 Å². The number of urea groups is 1. The molecule has 2 heterocycles. The monoisotopic (exact) mass is 385 g/mol. The van der Waals surface area contributed by atoms with Gasteiger partial charge in [-0.1, -0.05) is 23.2 Å². The van der Waals surface area contributed by atoms with Gasteiger partial charge >= 0.3 is 6.03 Å². The van der Waals surface area contributed by atoms with E-state index in [9.17, 15) is 14.4 Å².